The summed E-state index contributed by atoms with van der Waals surface area (Å²) in [6.45, 7) is 2.00. The van der Waals surface area contributed by atoms with Crippen molar-refractivity contribution in [2.45, 2.75) is 6.92 Å². The Morgan fingerprint density at radius 3 is 2.39 bits per heavy atom. The zero-order valence-corrected chi connectivity index (χ0v) is 13.1. The first-order valence-corrected chi connectivity index (χ1v) is 7.34. The maximum Gasteiger partial charge on any atom is 0.272 e. The molecule has 0 saturated heterocycles. The molecule has 0 fully saturated rings. The van der Waals surface area contributed by atoms with Gasteiger partial charge in [0, 0.05) is 5.69 Å². The molecule has 0 bridgehead atoms. The number of aromatic amines is 2. The van der Waals surface area contributed by atoms with Crippen LogP contribution in [0.2, 0.25) is 0 Å². The van der Waals surface area contributed by atoms with Crippen molar-refractivity contribution in [2.24, 2.45) is 0 Å². The van der Waals surface area contributed by atoms with Crippen LogP contribution in [0.25, 0.3) is 10.8 Å². The molecule has 0 saturated carbocycles. The molecule has 0 amide bonds. The van der Waals surface area contributed by atoms with Gasteiger partial charge >= 0.3 is 0 Å². The van der Waals surface area contributed by atoms with Gasteiger partial charge in [0.05, 0.1) is 16.5 Å². The number of benzene rings is 2. The Morgan fingerprint density at radius 2 is 1.65 bits per heavy atom. The first-order chi connectivity index (χ1) is 11.0. The Morgan fingerprint density at radius 1 is 0.957 bits per heavy atom. The zero-order valence-electron chi connectivity index (χ0n) is 12.3. The second-order valence-corrected chi connectivity index (χ2v) is 5.49. The number of aromatic nitrogens is 2. The van der Waals surface area contributed by atoms with Gasteiger partial charge in [0.1, 0.15) is 0 Å². The second kappa shape index (κ2) is 6.05. The van der Waals surface area contributed by atoms with Crippen molar-refractivity contribution in [3.05, 3.63) is 68.7 Å². The third-order valence-electron chi connectivity index (χ3n) is 3.38. The molecule has 0 aliphatic carbocycles. The van der Waals surface area contributed by atoms with E-state index >= 15 is 0 Å². The molecule has 1 aromatic heterocycles. The van der Waals surface area contributed by atoms with Gasteiger partial charge in [-0.1, -0.05) is 23.8 Å². The van der Waals surface area contributed by atoms with Gasteiger partial charge in [0.15, 0.2) is 5.11 Å². The highest BCUT2D eigenvalue weighted by molar-refractivity contribution is 7.80. The van der Waals surface area contributed by atoms with Gasteiger partial charge in [0.2, 0.25) is 0 Å². The molecule has 7 heteroatoms. The van der Waals surface area contributed by atoms with E-state index in [1.54, 1.807) is 18.2 Å². The van der Waals surface area contributed by atoms with Gasteiger partial charge in [-0.25, -0.2) is 0 Å². The summed E-state index contributed by atoms with van der Waals surface area (Å²) in [4.78, 5) is 23.8. The lowest BCUT2D eigenvalue weighted by atomic mass is 10.1. The van der Waals surface area contributed by atoms with Crippen LogP contribution >= 0.6 is 12.2 Å². The normalized spacial score (nSPS) is 10.5. The Balaban J connectivity index is 1.91. The largest absolute Gasteiger partial charge is 0.332 e. The lowest BCUT2D eigenvalue weighted by Gasteiger charge is -2.12. The van der Waals surface area contributed by atoms with Gasteiger partial charge in [0.25, 0.3) is 11.1 Å². The van der Waals surface area contributed by atoms with Crippen LogP contribution in [0.3, 0.4) is 0 Å². The molecule has 6 nitrogen and oxygen atoms in total. The fourth-order valence-electron chi connectivity index (χ4n) is 2.26. The summed E-state index contributed by atoms with van der Waals surface area (Å²) in [6.07, 6.45) is 0. The minimum Gasteiger partial charge on any atom is -0.332 e. The fraction of sp³-hybridized carbons (Fsp3) is 0.0625. The average molecular weight is 326 g/mol. The minimum atomic E-state index is -0.388. The van der Waals surface area contributed by atoms with Crippen LogP contribution in [-0.4, -0.2) is 15.3 Å². The molecule has 116 valence electrons. The third-order valence-corrected chi connectivity index (χ3v) is 3.59. The molecular weight excluding hydrogens is 312 g/mol. The molecule has 0 atom stereocenters. The highest BCUT2D eigenvalue weighted by Gasteiger charge is 2.09. The highest BCUT2D eigenvalue weighted by atomic mass is 32.1. The van der Waals surface area contributed by atoms with Gasteiger partial charge in [-0.2, -0.15) is 0 Å². The molecule has 0 aliphatic heterocycles. The van der Waals surface area contributed by atoms with E-state index < -0.39 is 0 Å². The molecule has 4 N–H and O–H groups in total. The van der Waals surface area contributed by atoms with Crippen molar-refractivity contribution in [2.75, 3.05) is 10.6 Å². The summed E-state index contributed by atoms with van der Waals surface area (Å²) in [7, 11) is 0. The molecule has 3 rings (SSSR count). The van der Waals surface area contributed by atoms with Crippen LogP contribution in [0.4, 0.5) is 11.4 Å². The van der Waals surface area contributed by atoms with Crippen LogP contribution in [0.15, 0.2) is 52.1 Å². The smallest absolute Gasteiger partial charge is 0.272 e. The quantitative estimate of drug-likeness (QED) is 0.543. The maximum absolute atomic E-state index is 12.0. The van der Waals surface area contributed by atoms with E-state index in [2.05, 4.69) is 20.8 Å². The second-order valence-electron chi connectivity index (χ2n) is 5.08. The van der Waals surface area contributed by atoms with Crippen molar-refractivity contribution < 1.29 is 0 Å². The topological polar surface area (TPSA) is 89.8 Å². The highest BCUT2D eigenvalue weighted by Crippen LogP contribution is 2.17. The number of H-pyrrole nitrogens is 2. The first kappa shape index (κ1) is 15.0. The first-order valence-electron chi connectivity index (χ1n) is 6.93. The van der Waals surface area contributed by atoms with E-state index in [1.165, 1.54) is 0 Å². The molecule has 0 aliphatic rings. The molecule has 1 heterocycles. The molecule has 0 radical (unpaired) electrons. The zero-order chi connectivity index (χ0) is 16.4. The van der Waals surface area contributed by atoms with Crippen LogP contribution in [-0.2, 0) is 0 Å². The number of anilines is 2. The van der Waals surface area contributed by atoms with Crippen molar-refractivity contribution >= 4 is 39.5 Å². The molecule has 3 aromatic rings. The van der Waals surface area contributed by atoms with Crippen LogP contribution in [0.1, 0.15) is 5.56 Å². The average Bonchev–Trinajstić information content (AvgIpc) is 2.53. The lowest BCUT2D eigenvalue weighted by Crippen LogP contribution is -2.23. The molecular formula is C16H14N4O2S. The summed E-state index contributed by atoms with van der Waals surface area (Å²) in [5.74, 6) is 0. The van der Waals surface area contributed by atoms with E-state index in [0.29, 0.717) is 16.2 Å². The third kappa shape index (κ3) is 3.14. The Kier molecular flexibility index (Phi) is 3.94. The number of fused-ring (bicyclic) bond motifs is 1. The predicted molar refractivity (Wildman–Crippen MR) is 96.2 cm³/mol. The number of rotatable bonds is 2. The summed E-state index contributed by atoms with van der Waals surface area (Å²) in [5.41, 5.74) is 1.70. The molecule has 0 unspecified atom stereocenters. The van der Waals surface area contributed by atoms with Crippen molar-refractivity contribution in [1.82, 2.24) is 10.2 Å². The summed E-state index contributed by atoms with van der Waals surface area (Å²) >= 11 is 5.27. The summed E-state index contributed by atoms with van der Waals surface area (Å²) in [6, 6.07) is 12.7. The monoisotopic (exact) mass is 326 g/mol. The van der Waals surface area contributed by atoms with Gasteiger partial charge < -0.3 is 10.6 Å². The minimum absolute atomic E-state index is 0.268. The van der Waals surface area contributed by atoms with E-state index in [-0.39, 0.29) is 16.5 Å². The Hall–Kier alpha value is -2.93. The lowest BCUT2D eigenvalue weighted by molar-refractivity contribution is 0.977. The SMILES string of the molecule is Cc1ccc(NC(=S)Nc2cccc3c(=O)[nH][nH]c(=O)c23)cc1. The standard InChI is InChI=1S/C16H14N4O2S/c1-9-5-7-10(8-6-9)17-16(23)18-12-4-2-3-11-13(12)15(22)20-19-14(11)21/h2-8H,1H3,(H,19,21)(H,20,22)(H2,17,18,23). The van der Waals surface area contributed by atoms with Gasteiger partial charge in [-0.3, -0.25) is 19.8 Å². The van der Waals surface area contributed by atoms with E-state index in [4.69, 9.17) is 12.2 Å². The summed E-state index contributed by atoms with van der Waals surface area (Å²) < 4.78 is 0. The van der Waals surface area contributed by atoms with Crippen molar-refractivity contribution in [1.29, 1.82) is 0 Å². The van der Waals surface area contributed by atoms with E-state index in [0.717, 1.165) is 11.3 Å². The van der Waals surface area contributed by atoms with E-state index in [1.807, 2.05) is 31.2 Å². The Bertz CT molecular complexity index is 989. The number of nitrogens with one attached hydrogen (secondary N) is 4. The van der Waals surface area contributed by atoms with E-state index in [9.17, 15) is 9.59 Å². The Labute approximate surface area is 136 Å². The van der Waals surface area contributed by atoms with Crippen molar-refractivity contribution in [3.8, 4) is 0 Å². The van der Waals surface area contributed by atoms with Crippen molar-refractivity contribution in [3.63, 3.8) is 0 Å². The van der Waals surface area contributed by atoms with Crippen LogP contribution in [0.5, 0.6) is 0 Å². The molecule has 23 heavy (non-hydrogen) atoms. The summed E-state index contributed by atoms with van der Waals surface area (Å²) in [5, 5.41) is 11.5. The van der Waals surface area contributed by atoms with Gasteiger partial charge in [-0.15, -0.1) is 0 Å². The molecule has 0 spiro atoms. The molecule has 2 aromatic carbocycles. The number of hydrogen-bond acceptors (Lipinski definition) is 3. The number of aryl methyl sites for hydroxylation is 1. The fourth-order valence-corrected chi connectivity index (χ4v) is 2.48. The van der Waals surface area contributed by atoms with Gasteiger partial charge in [-0.05, 0) is 43.4 Å². The number of thiocarbonyl (C=S) groups is 1. The van der Waals surface area contributed by atoms with Crippen LogP contribution < -0.4 is 21.8 Å². The maximum atomic E-state index is 12.0. The number of hydrogen-bond donors (Lipinski definition) is 4. The predicted octanol–water partition coefficient (Wildman–Crippen LogP) is 2.33. The van der Waals surface area contributed by atoms with Crippen LogP contribution in [0, 0.1) is 6.92 Å².